The van der Waals surface area contributed by atoms with E-state index in [2.05, 4.69) is 61.5 Å². The van der Waals surface area contributed by atoms with Crippen LogP contribution in [-0.2, 0) is 39.2 Å². The van der Waals surface area contributed by atoms with Gasteiger partial charge in [0.1, 0.15) is 0 Å². The molecule has 18 rings (SSSR count). The highest BCUT2D eigenvalue weighted by atomic mass is 35.5. The SMILES string of the molecule is CS(=O)c1ncc2cc(-c3ccccc3Cl)c(=O)n(NC(=O)N3CCOCC3)c2n1.CSc1ncc2cc(-c3ccccc3Cl)c(=O)n(N)c2n1.CSc1ncc2cc(-c3ccccc3Cl)c(=O)n(NC(=O)N3CCOCC3)c2n1.NC1CCOCC1.O=C(Cl)N1CCOCC1.O=C(Nn1c(=O)c(-c2ccccc2Cl)cc2cnc(NC3CCOCC3)nc21)N1CCOCC1. The first-order valence-electron chi connectivity index (χ1n) is 40.9. The molecule has 130 heavy (non-hydrogen) atoms. The Labute approximate surface area is 779 Å². The van der Waals surface area contributed by atoms with Gasteiger partial charge < -0.3 is 64.9 Å². The largest absolute Gasteiger partial charge is 0.381 e. The number of amides is 7. The lowest BCUT2D eigenvalue weighted by Crippen LogP contribution is -2.47. The van der Waals surface area contributed by atoms with E-state index in [9.17, 15) is 42.6 Å². The lowest BCUT2D eigenvalue weighted by Gasteiger charge is -2.27. The Kier molecular flexibility index (Phi) is 34.6. The minimum absolute atomic E-state index is 0.0572. The van der Waals surface area contributed by atoms with E-state index in [0.29, 0.717) is 238 Å². The van der Waals surface area contributed by atoms with Crippen molar-refractivity contribution in [3.8, 4) is 44.5 Å². The van der Waals surface area contributed by atoms with Gasteiger partial charge in [0.25, 0.3) is 22.2 Å². The van der Waals surface area contributed by atoms with Gasteiger partial charge in [0.15, 0.2) is 32.9 Å². The molecule has 14 heterocycles. The molecule has 0 saturated carbocycles. The smallest absolute Gasteiger partial charge is 0.336 e. The number of hydrogen-bond acceptors (Lipinski definition) is 28. The molecule has 45 heteroatoms. The number of halogens is 5. The minimum atomic E-state index is -1.46. The third kappa shape index (κ3) is 24.6. The van der Waals surface area contributed by atoms with E-state index in [0.717, 1.165) is 48.2 Å². The lowest BCUT2D eigenvalue weighted by atomic mass is 10.1. The number of aromatic nitrogens is 12. The molecule has 12 aromatic rings. The molecule has 8 aromatic heterocycles. The first-order chi connectivity index (χ1) is 62.9. The Morgan fingerprint density at radius 2 is 0.715 bits per heavy atom. The van der Waals surface area contributed by atoms with Gasteiger partial charge in [0.2, 0.25) is 11.1 Å². The van der Waals surface area contributed by atoms with Crippen LogP contribution in [0.15, 0.2) is 181 Å². The second-order valence-corrected chi connectivity index (χ2v) is 34.0. The van der Waals surface area contributed by atoms with Crippen molar-refractivity contribution in [2.45, 2.75) is 53.2 Å². The number of urea groups is 3. The third-order valence-corrected chi connectivity index (χ3v) is 24.2. The second kappa shape index (κ2) is 46.6. The van der Waals surface area contributed by atoms with Crippen LogP contribution < -0.4 is 55.4 Å². The van der Waals surface area contributed by atoms with Crippen LogP contribution in [0.4, 0.5) is 25.1 Å². The summed E-state index contributed by atoms with van der Waals surface area (Å²) in [4.78, 5) is 143. The van der Waals surface area contributed by atoms with Crippen molar-refractivity contribution in [1.29, 1.82) is 0 Å². The van der Waals surface area contributed by atoms with E-state index in [1.54, 1.807) is 147 Å². The zero-order chi connectivity index (χ0) is 91.9. The molecule has 1 unspecified atom stereocenters. The Morgan fingerprint density at radius 3 is 1.05 bits per heavy atom. The number of carbonyl (C=O) groups is 4. The second-order valence-electron chi connectivity index (χ2n) is 29.3. The zero-order valence-corrected chi connectivity index (χ0v) is 76.8. The van der Waals surface area contributed by atoms with Crippen molar-refractivity contribution in [2.24, 2.45) is 5.73 Å². The summed E-state index contributed by atoms with van der Waals surface area (Å²) in [7, 11) is -1.46. The number of anilines is 1. The van der Waals surface area contributed by atoms with Crippen LogP contribution in [0.2, 0.25) is 20.1 Å². The Balaban J connectivity index is 0.000000140. The normalized spacial score (nSPS) is 15.6. The number of benzene rings is 4. The van der Waals surface area contributed by atoms with Gasteiger partial charge in [-0.25, -0.2) is 70.2 Å². The summed E-state index contributed by atoms with van der Waals surface area (Å²) in [5, 5.41) is 8.19. The summed E-state index contributed by atoms with van der Waals surface area (Å²) in [5.74, 6) is 6.28. The number of nitrogens with two attached hydrogens (primary N) is 2. The van der Waals surface area contributed by atoms with Gasteiger partial charge in [-0.2, -0.15) is 19.0 Å². The van der Waals surface area contributed by atoms with Gasteiger partial charge >= 0.3 is 23.5 Å². The Hall–Kier alpha value is -11.1. The molecule has 6 aliphatic heterocycles. The van der Waals surface area contributed by atoms with E-state index in [1.165, 1.54) is 45.3 Å². The Morgan fingerprint density at radius 1 is 0.408 bits per heavy atom. The summed E-state index contributed by atoms with van der Waals surface area (Å²) in [5.41, 5.74) is 16.8. The molecule has 6 saturated heterocycles. The highest BCUT2D eigenvalue weighted by molar-refractivity contribution is 7.98. The van der Waals surface area contributed by atoms with Crippen molar-refractivity contribution in [2.75, 3.05) is 178 Å². The fraction of sp³-hybridized carbons (Fsp3) is 0.341. The summed E-state index contributed by atoms with van der Waals surface area (Å²) in [6.45, 7) is 10.8. The standard InChI is InChI=1S/C23H25ClN6O4.C19H18ClN5O4S.C19H18ClN5O3S.C14H11ClN4OS.C5H8ClNO2.C5H11NO/c24-19-4-2-1-3-17(19)18-13-15-14-25-22(26-16-5-9-33-10-6-16)27-20(15)30(21(18)31)28-23(32)29-7-11-34-12-8-29;1-30(28)18-21-11-12-10-14(13-4-2-3-5-15(13)20)17(26)25(16(12)22-18)23-19(27)24-6-8-29-9-7-24;1-29-18-21-11-12-10-14(13-4-2-3-5-15(13)20)17(26)25(16(12)22-18)23-19(27)24-6-8-28-9-7-24;1-21-14-17-7-8-6-10(9-4-2-3-5-11(9)15)13(20)19(16)12(8)18-14;6-5(8)7-1-3-9-4-2-7;6-5-1-3-7-4-2-5/h1-4,13-14,16H,5-12H2,(H,28,32)(H,25,26,27);2-5,10-11H,6-9H2,1H3,(H,23,27);2-5,10-11H,6-9H2,1H3,(H,23,27);2-7H,16H2,1H3;1-4H2;5H,1-4,6H2. The number of nitrogens with one attached hydrogen (secondary N) is 4. The predicted molar refractivity (Wildman–Crippen MR) is 504 cm³/mol. The van der Waals surface area contributed by atoms with Crippen molar-refractivity contribution < 1.29 is 51.8 Å². The van der Waals surface area contributed by atoms with Crippen LogP contribution in [0.3, 0.4) is 0 Å². The molecule has 37 nitrogen and oxygen atoms in total. The molecular weight excluding hydrogens is 1840 g/mol. The van der Waals surface area contributed by atoms with Gasteiger partial charge in [-0.15, -0.1) is 0 Å². The highest BCUT2D eigenvalue weighted by Crippen LogP contribution is 2.33. The Bertz CT molecular complexity index is 6350. The third-order valence-electron chi connectivity index (χ3n) is 20.8. The number of nitrogen functional groups attached to an aromatic ring is 1. The zero-order valence-electron chi connectivity index (χ0n) is 70.5. The van der Waals surface area contributed by atoms with E-state index in [4.69, 9.17) is 98.0 Å². The average Bonchev–Trinajstić information content (AvgIpc) is 0.779. The molecule has 6 aliphatic rings. The molecular formula is C85H91Cl5N22O15S3. The van der Waals surface area contributed by atoms with Crippen molar-refractivity contribution in [3.63, 3.8) is 0 Å². The minimum Gasteiger partial charge on any atom is -0.381 e. The van der Waals surface area contributed by atoms with Crippen LogP contribution in [0, 0.1) is 0 Å². The number of rotatable bonds is 12. The van der Waals surface area contributed by atoms with Gasteiger partial charge in [0.05, 0.1) is 85.9 Å². The fourth-order valence-corrected chi connectivity index (χ4v) is 16.1. The van der Waals surface area contributed by atoms with Gasteiger partial charge in [0, 0.05) is 186 Å². The van der Waals surface area contributed by atoms with Crippen LogP contribution >= 0.6 is 81.5 Å². The molecule has 684 valence electrons. The molecule has 6 fully saturated rings. The van der Waals surface area contributed by atoms with Crippen molar-refractivity contribution in [1.82, 2.24) is 78.2 Å². The number of carbonyl (C=O) groups excluding carboxylic acids is 4. The molecule has 0 bridgehead atoms. The molecule has 4 aromatic carbocycles. The number of fused-ring (bicyclic) bond motifs is 4. The molecule has 7 amide bonds. The van der Waals surface area contributed by atoms with Gasteiger partial charge in [-0.3, -0.25) is 28.2 Å². The van der Waals surface area contributed by atoms with E-state index in [-0.39, 0.29) is 33.3 Å². The fourth-order valence-electron chi connectivity index (χ4n) is 13.8. The number of ether oxygens (including phenoxy) is 6. The van der Waals surface area contributed by atoms with Crippen molar-refractivity contribution >= 4 is 166 Å². The first-order valence-corrected chi connectivity index (χ1v) is 46.8. The molecule has 1 atom stereocenters. The number of nitrogens with zero attached hydrogens (tertiary/aromatic N) is 16. The van der Waals surface area contributed by atoms with Crippen LogP contribution in [0.25, 0.3) is 88.6 Å². The van der Waals surface area contributed by atoms with Gasteiger partial charge in [-0.1, -0.05) is 143 Å². The quantitative estimate of drug-likeness (QED) is 0.0217. The number of thioether (sulfide) groups is 2. The maximum Gasteiger partial charge on any atom is 0.336 e. The summed E-state index contributed by atoms with van der Waals surface area (Å²) in [6, 6.07) is 34.3. The average molecular weight is 1930 g/mol. The highest BCUT2D eigenvalue weighted by Gasteiger charge is 2.28. The van der Waals surface area contributed by atoms with E-state index >= 15 is 0 Å². The van der Waals surface area contributed by atoms with Gasteiger partial charge in [-0.05, 0) is 98.3 Å². The van der Waals surface area contributed by atoms with E-state index < -0.39 is 45.6 Å². The van der Waals surface area contributed by atoms with Crippen LogP contribution in [0.1, 0.15) is 25.7 Å². The van der Waals surface area contributed by atoms with E-state index in [1.807, 2.05) is 24.6 Å². The monoisotopic (exact) mass is 1930 g/mol. The van der Waals surface area contributed by atoms with Crippen molar-refractivity contribution in [3.05, 3.63) is 208 Å². The maximum absolute atomic E-state index is 13.6. The summed E-state index contributed by atoms with van der Waals surface area (Å²) >= 11 is 33.1. The first kappa shape index (κ1) is 96.5. The topological polar surface area (TPSA) is 445 Å². The number of hydrogen-bond donors (Lipinski definition) is 6. The number of pyridine rings is 4. The maximum atomic E-state index is 13.6. The molecule has 0 aliphatic carbocycles. The van der Waals surface area contributed by atoms with Crippen LogP contribution in [-0.4, -0.2) is 268 Å². The molecule has 0 radical (unpaired) electrons. The lowest BCUT2D eigenvalue weighted by molar-refractivity contribution is 0.0558. The summed E-state index contributed by atoms with van der Waals surface area (Å²) in [6.07, 6.45) is 15.3. The molecule has 0 spiro atoms. The molecule has 8 N–H and O–H groups in total. The predicted octanol–water partition coefficient (Wildman–Crippen LogP) is 10.7. The number of morpholine rings is 4. The summed E-state index contributed by atoms with van der Waals surface area (Å²) < 4.78 is 47.7. The van der Waals surface area contributed by atoms with Crippen LogP contribution in [0.5, 0.6) is 0 Å².